The Balaban J connectivity index is 2.39. The maximum absolute atomic E-state index is 11.8. The summed E-state index contributed by atoms with van der Waals surface area (Å²) in [5, 5.41) is 8.03. The number of nitrogens with zero attached hydrogens (tertiary/aromatic N) is 1. The summed E-state index contributed by atoms with van der Waals surface area (Å²) in [6.07, 6.45) is 0. The number of phenolic OH excluding ortho intramolecular Hbond substituents is 1. The lowest BCUT2D eigenvalue weighted by Gasteiger charge is -2.10. The molecule has 1 aromatic carbocycles. The molecule has 0 bridgehead atoms. The van der Waals surface area contributed by atoms with E-state index >= 15 is 0 Å². The Kier molecular flexibility index (Phi) is 3.07. The number of aromatic hydroxyl groups is 1. The molecule has 9 heteroatoms. The van der Waals surface area contributed by atoms with Gasteiger partial charge in [-0.1, -0.05) is 6.07 Å². The summed E-state index contributed by atoms with van der Waals surface area (Å²) < 4.78 is 21.6. The third-order valence-corrected chi connectivity index (χ3v) is 3.73. The molecular formula is C10H6ClNO6S. The number of fused-ring (bicyclic) bond motifs is 1. The van der Waals surface area contributed by atoms with E-state index in [1.54, 1.807) is 0 Å². The van der Waals surface area contributed by atoms with Gasteiger partial charge in [0.1, 0.15) is 12.3 Å². The number of imide groups is 1. The van der Waals surface area contributed by atoms with Crippen LogP contribution in [0.1, 0.15) is 20.7 Å². The molecule has 0 spiro atoms. The first kappa shape index (κ1) is 13.5. The van der Waals surface area contributed by atoms with Crippen molar-refractivity contribution in [1.29, 1.82) is 0 Å². The second-order valence-corrected chi connectivity index (χ2v) is 6.26. The van der Waals surface area contributed by atoms with Crippen LogP contribution in [0.2, 0.25) is 0 Å². The van der Waals surface area contributed by atoms with Crippen LogP contribution < -0.4 is 0 Å². The SMILES string of the molecule is O=C1c2cccc(O)c2C(=O)N1CC(=O)S(=O)(=O)Cl. The van der Waals surface area contributed by atoms with Gasteiger partial charge in [-0.3, -0.25) is 19.3 Å². The molecule has 1 aliphatic heterocycles. The molecule has 0 aromatic heterocycles. The molecule has 0 fully saturated rings. The molecule has 1 aliphatic rings. The minimum Gasteiger partial charge on any atom is -0.507 e. The number of phenols is 1. The lowest BCUT2D eigenvalue weighted by Crippen LogP contribution is -2.36. The quantitative estimate of drug-likeness (QED) is 0.612. The van der Waals surface area contributed by atoms with E-state index in [-0.39, 0.29) is 11.1 Å². The summed E-state index contributed by atoms with van der Waals surface area (Å²) in [4.78, 5) is 35.3. The maximum Gasteiger partial charge on any atom is 0.296 e. The number of rotatable bonds is 2. The van der Waals surface area contributed by atoms with Crippen LogP contribution in [0.15, 0.2) is 18.2 Å². The van der Waals surface area contributed by atoms with Crippen LogP contribution in [0.3, 0.4) is 0 Å². The van der Waals surface area contributed by atoms with Gasteiger partial charge in [0.25, 0.3) is 26.0 Å². The number of benzene rings is 1. The van der Waals surface area contributed by atoms with Crippen LogP contribution in [0.5, 0.6) is 5.75 Å². The fraction of sp³-hybridized carbons (Fsp3) is 0.100. The van der Waals surface area contributed by atoms with Gasteiger partial charge < -0.3 is 5.11 Å². The summed E-state index contributed by atoms with van der Waals surface area (Å²) in [6, 6.07) is 3.84. The van der Waals surface area contributed by atoms with Gasteiger partial charge in [0.05, 0.1) is 11.1 Å². The molecule has 7 nitrogen and oxygen atoms in total. The third kappa shape index (κ3) is 2.20. The van der Waals surface area contributed by atoms with Crippen molar-refractivity contribution >= 4 is 36.7 Å². The Hall–Kier alpha value is -1.93. The molecule has 1 heterocycles. The molecule has 0 aliphatic carbocycles. The van der Waals surface area contributed by atoms with Crippen molar-refractivity contribution in [2.24, 2.45) is 0 Å². The first-order valence-electron chi connectivity index (χ1n) is 4.89. The molecule has 100 valence electrons. The van der Waals surface area contributed by atoms with E-state index in [1.807, 2.05) is 0 Å². The van der Waals surface area contributed by atoms with Crippen molar-refractivity contribution in [3.63, 3.8) is 0 Å². The zero-order chi connectivity index (χ0) is 14.4. The molecule has 0 saturated heterocycles. The van der Waals surface area contributed by atoms with E-state index < -0.39 is 38.3 Å². The van der Waals surface area contributed by atoms with Crippen molar-refractivity contribution in [1.82, 2.24) is 4.90 Å². The number of hydrogen-bond acceptors (Lipinski definition) is 6. The lowest BCUT2D eigenvalue weighted by molar-refractivity contribution is -0.111. The molecule has 0 saturated carbocycles. The summed E-state index contributed by atoms with van der Waals surface area (Å²) in [5.41, 5.74) is -0.350. The van der Waals surface area contributed by atoms with Crippen LogP contribution >= 0.6 is 10.7 Å². The van der Waals surface area contributed by atoms with Crippen molar-refractivity contribution in [2.75, 3.05) is 6.54 Å². The fourth-order valence-electron chi connectivity index (χ4n) is 1.67. The lowest BCUT2D eigenvalue weighted by atomic mass is 10.1. The number of carbonyl (C=O) groups is 3. The number of halogens is 1. The van der Waals surface area contributed by atoms with E-state index in [0.717, 1.165) is 0 Å². The van der Waals surface area contributed by atoms with Crippen molar-refractivity contribution in [2.45, 2.75) is 0 Å². The summed E-state index contributed by atoms with van der Waals surface area (Å²) >= 11 is 0. The van der Waals surface area contributed by atoms with Gasteiger partial charge in [-0.15, -0.1) is 0 Å². The maximum atomic E-state index is 11.8. The van der Waals surface area contributed by atoms with Gasteiger partial charge in [-0.05, 0) is 12.1 Å². The van der Waals surface area contributed by atoms with Crippen LogP contribution in [0.4, 0.5) is 0 Å². The third-order valence-electron chi connectivity index (χ3n) is 2.54. The van der Waals surface area contributed by atoms with Crippen LogP contribution in [0.25, 0.3) is 0 Å². The molecule has 1 N–H and O–H groups in total. The zero-order valence-electron chi connectivity index (χ0n) is 9.16. The van der Waals surface area contributed by atoms with E-state index in [4.69, 9.17) is 10.7 Å². The van der Waals surface area contributed by atoms with Gasteiger partial charge >= 0.3 is 0 Å². The minimum absolute atomic E-state index is 0.0928. The number of carbonyl (C=O) groups excluding carboxylic acids is 3. The molecule has 0 unspecified atom stereocenters. The van der Waals surface area contributed by atoms with Crippen molar-refractivity contribution in [3.8, 4) is 5.75 Å². The zero-order valence-corrected chi connectivity index (χ0v) is 10.7. The second kappa shape index (κ2) is 4.32. The highest BCUT2D eigenvalue weighted by atomic mass is 35.7. The normalized spacial score (nSPS) is 14.7. The summed E-state index contributed by atoms with van der Waals surface area (Å²) in [6.45, 7) is -0.988. The van der Waals surface area contributed by atoms with E-state index in [9.17, 15) is 27.9 Å². The second-order valence-electron chi connectivity index (χ2n) is 3.71. The van der Waals surface area contributed by atoms with Gasteiger partial charge in [0.2, 0.25) is 0 Å². The monoisotopic (exact) mass is 303 g/mol. The number of hydrogen-bond donors (Lipinski definition) is 1. The highest BCUT2D eigenvalue weighted by molar-refractivity contribution is 8.25. The molecule has 0 atom stereocenters. The largest absolute Gasteiger partial charge is 0.507 e. The molecule has 2 amide bonds. The van der Waals surface area contributed by atoms with Gasteiger partial charge in [-0.2, -0.15) is 0 Å². The highest BCUT2D eigenvalue weighted by Gasteiger charge is 2.40. The van der Waals surface area contributed by atoms with E-state index in [1.165, 1.54) is 18.2 Å². The van der Waals surface area contributed by atoms with E-state index in [0.29, 0.717) is 4.90 Å². The Morgan fingerprint density at radius 1 is 1.26 bits per heavy atom. The number of amides is 2. The highest BCUT2D eigenvalue weighted by Crippen LogP contribution is 2.29. The molecule has 2 rings (SSSR count). The Bertz CT molecular complexity index is 711. The topological polar surface area (TPSA) is 109 Å². The van der Waals surface area contributed by atoms with Crippen LogP contribution in [-0.4, -0.2) is 41.9 Å². The first-order valence-corrected chi connectivity index (χ1v) is 7.20. The molecule has 1 aromatic rings. The van der Waals surface area contributed by atoms with Gasteiger partial charge in [0.15, 0.2) is 0 Å². The molecule has 19 heavy (non-hydrogen) atoms. The van der Waals surface area contributed by atoms with Gasteiger partial charge in [-0.25, -0.2) is 8.42 Å². The van der Waals surface area contributed by atoms with Crippen LogP contribution in [0, 0.1) is 0 Å². The predicted molar refractivity (Wildman–Crippen MR) is 63.3 cm³/mol. The average molecular weight is 304 g/mol. The average Bonchev–Trinajstić information content (AvgIpc) is 2.54. The van der Waals surface area contributed by atoms with Crippen LogP contribution in [-0.2, 0) is 13.8 Å². The Morgan fingerprint density at radius 2 is 1.89 bits per heavy atom. The summed E-state index contributed by atoms with van der Waals surface area (Å²) in [5.74, 6) is -2.21. The first-order chi connectivity index (χ1) is 8.73. The van der Waals surface area contributed by atoms with E-state index in [2.05, 4.69) is 0 Å². The smallest absolute Gasteiger partial charge is 0.296 e. The van der Waals surface area contributed by atoms with Crippen molar-refractivity contribution in [3.05, 3.63) is 29.3 Å². The van der Waals surface area contributed by atoms with Gasteiger partial charge in [0, 0.05) is 10.7 Å². The Labute approximate surface area is 111 Å². The van der Waals surface area contributed by atoms with Crippen molar-refractivity contribution < 1.29 is 27.9 Å². The summed E-state index contributed by atoms with van der Waals surface area (Å²) in [7, 11) is 0.314. The Morgan fingerprint density at radius 3 is 2.42 bits per heavy atom. The molecule has 0 radical (unpaired) electrons. The standard InChI is InChI=1S/C10H6ClNO6S/c11-19(17,18)7(14)4-12-9(15)5-2-1-3-6(13)8(5)10(12)16/h1-3,13H,4H2. The molecular weight excluding hydrogens is 298 g/mol. The minimum atomic E-state index is -4.51. The fourth-order valence-corrected chi connectivity index (χ4v) is 2.10. The predicted octanol–water partition coefficient (Wildman–Crippen LogP) is 0.0834.